The number of fused-ring (bicyclic) bond motifs is 2. The van der Waals surface area contributed by atoms with Crippen LogP contribution in [0.3, 0.4) is 0 Å². The van der Waals surface area contributed by atoms with Gasteiger partial charge in [-0.2, -0.15) is 0 Å². The first-order chi connectivity index (χ1) is 27.7. The zero-order valence-corrected chi connectivity index (χ0v) is 30.5. The Morgan fingerprint density at radius 3 is 1.27 bits per heavy atom. The molecule has 0 bridgehead atoms. The van der Waals surface area contributed by atoms with Crippen LogP contribution in [0.15, 0.2) is 212 Å². The van der Waals surface area contributed by atoms with Crippen molar-refractivity contribution >= 4 is 21.5 Å². The summed E-state index contributed by atoms with van der Waals surface area (Å²) < 4.78 is 0. The van der Waals surface area contributed by atoms with Gasteiger partial charge in [-0.3, -0.25) is 0 Å². The van der Waals surface area contributed by atoms with Crippen LogP contribution in [0.5, 0.6) is 0 Å². The fourth-order valence-electron chi connectivity index (χ4n) is 7.59. The first kappa shape index (κ1) is 33.1. The van der Waals surface area contributed by atoms with Gasteiger partial charge < -0.3 is 0 Å². The van der Waals surface area contributed by atoms with Crippen LogP contribution in [0.4, 0.5) is 0 Å². The maximum absolute atomic E-state index is 5.22. The molecule has 3 nitrogen and oxygen atoms in total. The summed E-state index contributed by atoms with van der Waals surface area (Å²) in [4.78, 5) is 15.6. The second-order valence-electron chi connectivity index (χ2n) is 14.1. The average Bonchev–Trinajstić information content (AvgIpc) is 3.29. The molecule has 56 heavy (non-hydrogen) atoms. The highest BCUT2D eigenvalue weighted by Gasteiger charge is 2.16. The Hall–Kier alpha value is -7.49. The summed E-state index contributed by atoms with van der Waals surface area (Å²) in [5.74, 6) is 1.88. The van der Waals surface area contributed by atoms with E-state index in [0.717, 1.165) is 55.3 Å². The third-order valence-corrected chi connectivity index (χ3v) is 10.5. The lowest BCUT2D eigenvalue weighted by atomic mass is 9.95. The van der Waals surface area contributed by atoms with Gasteiger partial charge in [0.2, 0.25) is 0 Å². The van der Waals surface area contributed by atoms with Crippen LogP contribution >= 0.6 is 0 Å². The van der Waals surface area contributed by atoms with Crippen LogP contribution in [-0.2, 0) is 0 Å². The highest BCUT2D eigenvalue weighted by atomic mass is 15.0. The molecule has 0 aliphatic rings. The van der Waals surface area contributed by atoms with E-state index in [1.807, 2.05) is 18.2 Å². The minimum absolute atomic E-state index is 0.623. The lowest BCUT2D eigenvalue weighted by Gasteiger charge is -2.13. The molecule has 9 aromatic carbocycles. The van der Waals surface area contributed by atoms with Gasteiger partial charge in [0.05, 0.1) is 0 Å². The molecule has 1 aromatic heterocycles. The maximum Gasteiger partial charge on any atom is 0.164 e. The molecular weight excluding hydrogens is 679 g/mol. The Labute approximate surface area is 326 Å². The Morgan fingerprint density at radius 2 is 0.643 bits per heavy atom. The van der Waals surface area contributed by atoms with Crippen LogP contribution in [0.25, 0.3) is 100 Å². The molecule has 0 aliphatic heterocycles. The van der Waals surface area contributed by atoms with E-state index >= 15 is 0 Å². The van der Waals surface area contributed by atoms with E-state index in [9.17, 15) is 0 Å². The van der Waals surface area contributed by atoms with Crippen LogP contribution < -0.4 is 0 Å². The summed E-state index contributed by atoms with van der Waals surface area (Å²) in [6.45, 7) is 0. The SMILES string of the molecule is c1ccc(-c2cc(-c3ccccc3)cc(-c3nc(-c4ccc(-c5cccc6ccccc56)cc4)nc(-c4ccc5cc(-c6ccccc6)ccc5c4)n3)c2)cc1. The van der Waals surface area contributed by atoms with Crippen molar-refractivity contribution in [3.05, 3.63) is 212 Å². The van der Waals surface area contributed by atoms with Gasteiger partial charge in [-0.15, -0.1) is 0 Å². The third-order valence-electron chi connectivity index (χ3n) is 10.5. The molecule has 1 heterocycles. The molecule has 0 spiro atoms. The van der Waals surface area contributed by atoms with Crippen molar-refractivity contribution in [1.29, 1.82) is 0 Å². The summed E-state index contributed by atoms with van der Waals surface area (Å²) in [5, 5.41) is 4.74. The van der Waals surface area contributed by atoms with Crippen molar-refractivity contribution in [2.24, 2.45) is 0 Å². The van der Waals surface area contributed by atoms with Crippen molar-refractivity contribution in [3.63, 3.8) is 0 Å². The zero-order chi connectivity index (χ0) is 37.3. The Morgan fingerprint density at radius 1 is 0.214 bits per heavy atom. The van der Waals surface area contributed by atoms with Gasteiger partial charge in [0.25, 0.3) is 0 Å². The molecule has 0 saturated carbocycles. The lowest BCUT2D eigenvalue weighted by molar-refractivity contribution is 1.07. The van der Waals surface area contributed by atoms with Gasteiger partial charge in [0.15, 0.2) is 17.5 Å². The van der Waals surface area contributed by atoms with E-state index in [2.05, 4.69) is 194 Å². The average molecular weight is 714 g/mol. The van der Waals surface area contributed by atoms with Crippen molar-refractivity contribution in [3.8, 4) is 78.7 Å². The summed E-state index contributed by atoms with van der Waals surface area (Å²) in [6, 6.07) is 74.8. The number of aromatic nitrogens is 3. The third kappa shape index (κ3) is 6.52. The number of hydrogen-bond donors (Lipinski definition) is 0. The monoisotopic (exact) mass is 713 g/mol. The molecule has 10 rings (SSSR count). The van der Waals surface area contributed by atoms with E-state index in [1.165, 1.54) is 27.5 Å². The molecule has 0 amide bonds. The number of nitrogens with zero attached hydrogens (tertiary/aromatic N) is 3. The minimum Gasteiger partial charge on any atom is -0.208 e. The smallest absolute Gasteiger partial charge is 0.164 e. The van der Waals surface area contributed by atoms with Crippen LogP contribution in [0.1, 0.15) is 0 Å². The van der Waals surface area contributed by atoms with E-state index in [-0.39, 0.29) is 0 Å². The highest BCUT2D eigenvalue weighted by molar-refractivity contribution is 5.97. The molecule has 0 N–H and O–H groups in total. The zero-order valence-electron chi connectivity index (χ0n) is 30.5. The second kappa shape index (κ2) is 14.4. The number of benzene rings is 9. The predicted octanol–water partition coefficient (Wildman–Crippen LogP) is 13.8. The van der Waals surface area contributed by atoms with Crippen molar-refractivity contribution in [1.82, 2.24) is 15.0 Å². The predicted molar refractivity (Wildman–Crippen MR) is 233 cm³/mol. The molecule has 3 heteroatoms. The summed E-state index contributed by atoms with van der Waals surface area (Å²) >= 11 is 0. The Kier molecular flexibility index (Phi) is 8.51. The topological polar surface area (TPSA) is 38.7 Å². The molecule has 0 unspecified atom stereocenters. The van der Waals surface area contributed by atoms with Gasteiger partial charge in [0, 0.05) is 16.7 Å². The van der Waals surface area contributed by atoms with Crippen molar-refractivity contribution < 1.29 is 0 Å². The molecule has 262 valence electrons. The van der Waals surface area contributed by atoms with Crippen molar-refractivity contribution in [2.45, 2.75) is 0 Å². The Balaban J connectivity index is 1.12. The van der Waals surface area contributed by atoms with Gasteiger partial charge in [-0.05, 0) is 96.4 Å². The molecular formula is C53H35N3. The lowest BCUT2D eigenvalue weighted by Crippen LogP contribution is -2.01. The second-order valence-corrected chi connectivity index (χ2v) is 14.1. The van der Waals surface area contributed by atoms with Crippen LogP contribution in [-0.4, -0.2) is 15.0 Å². The molecule has 10 aromatic rings. The largest absolute Gasteiger partial charge is 0.208 e. The summed E-state index contributed by atoms with van der Waals surface area (Å²) in [5.41, 5.74) is 12.0. The molecule has 0 radical (unpaired) electrons. The first-order valence-corrected chi connectivity index (χ1v) is 18.9. The van der Waals surface area contributed by atoms with Gasteiger partial charge in [0.1, 0.15) is 0 Å². The first-order valence-electron chi connectivity index (χ1n) is 18.9. The number of rotatable bonds is 7. The van der Waals surface area contributed by atoms with Crippen LogP contribution in [0, 0.1) is 0 Å². The van der Waals surface area contributed by atoms with Gasteiger partial charge in [-0.25, -0.2) is 15.0 Å². The molecule has 0 atom stereocenters. The summed E-state index contributed by atoms with van der Waals surface area (Å²) in [7, 11) is 0. The number of hydrogen-bond acceptors (Lipinski definition) is 3. The summed E-state index contributed by atoms with van der Waals surface area (Å²) in [6.07, 6.45) is 0. The van der Waals surface area contributed by atoms with E-state index in [4.69, 9.17) is 15.0 Å². The standard InChI is InChI=1S/C53H35N3/c1-4-13-36(14-5-1)42-27-28-44-32-45(30-29-43(44)31-42)52-54-51(41-25-23-40(24-26-41)50-22-12-20-39-19-10-11-21-49(39)50)55-53(56-52)48-34-46(37-15-6-2-7-16-37)33-47(35-48)38-17-8-3-9-18-38/h1-35H. The quantitative estimate of drug-likeness (QED) is 0.165. The highest BCUT2D eigenvalue weighted by Crippen LogP contribution is 2.35. The minimum atomic E-state index is 0.623. The molecule has 0 saturated heterocycles. The van der Waals surface area contributed by atoms with Crippen molar-refractivity contribution in [2.75, 3.05) is 0 Å². The van der Waals surface area contributed by atoms with E-state index < -0.39 is 0 Å². The molecule has 0 fully saturated rings. The van der Waals surface area contributed by atoms with E-state index in [0.29, 0.717) is 17.5 Å². The van der Waals surface area contributed by atoms with Gasteiger partial charge in [-0.1, -0.05) is 182 Å². The Bertz CT molecular complexity index is 2930. The van der Waals surface area contributed by atoms with E-state index in [1.54, 1.807) is 0 Å². The normalized spacial score (nSPS) is 11.2. The van der Waals surface area contributed by atoms with Gasteiger partial charge >= 0.3 is 0 Å². The fraction of sp³-hybridized carbons (Fsp3) is 0. The molecule has 0 aliphatic carbocycles. The maximum atomic E-state index is 5.22. The van der Waals surface area contributed by atoms with Crippen LogP contribution in [0.2, 0.25) is 0 Å². The fourth-order valence-corrected chi connectivity index (χ4v) is 7.59.